The van der Waals surface area contributed by atoms with Crippen LogP contribution in [0.4, 0.5) is 11.4 Å². The van der Waals surface area contributed by atoms with Crippen LogP contribution in [0.25, 0.3) is 6.08 Å². The number of benzene rings is 2. The summed E-state index contributed by atoms with van der Waals surface area (Å²) in [6, 6.07) is 16.9. The van der Waals surface area contributed by atoms with Crippen LogP contribution < -0.4 is 16.0 Å². The van der Waals surface area contributed by atoms with E-state index >= 15 is 0 Å². The molecular weight excluding hydrogens is 529 g/mol. The first-order valence-corrected chi connectivity index (χ1v) is 16.2. The summed E-state index contributed by atoms with van der Waals surface area (Å²) in [6.45, 7) is 6.35. The molecular formula is C34H44N4S2+2. The summed E-state index contributed by atoms with van der Waals surface area (Å²) in [5, 5.41) is 4.76. The lowest BCUT2D eigenvalue weighted by atomic mass is 9.90. The first-order valence-electron chi connectivity index (χ1n) is 14.5. The first-order chi connectivity index (χ1) is 19.7. The van der Waals surface area contributed by atoms with Gasteiger partial charge in [0, 0.05) is 40.8 Å². The van der Waals surface area contributed by atoms with Crippen LogP contribution in [-0.2, 0) is 0 Å². The summed E-state index contributed by atoms with van der Waals surface area (Å²) >= 11 is 5.34. The Hall–Kier alpha value is -2.90. The van der Waals surface area contributed by atoms with Crippen molar-refractivity contribution in [3.63, 3.8) is 0 Å². The number of hydrogen-bond acceptors (Lipinski definition) is 4. The molecule has 3 aliphatic heterocycles. The molecule has 1 atom stereocenters. The zero-order valence-corrected chi connectivity index (χ0v) is 25.8. The molecule has 1 unspecified atom stereocenters. The van der Waals surface area contributed by atoms with E-state index in [2.05, 4.69) is 120 Å². The summed E-state index contributed by atoms with van der Waals surface area (Å²) < 4.78 is 0. The fourth-order valence-corrected chi connectivity index (χ4v) is 6.37. The molecule has 0 spiro atoms. The van der Waals surface area contributed by atoms with Crippen molar-refractivity contribution in [3.05, 3.63) is 118 Å². The Balaban J connectivity index is 0.000000886. The molecule has 6 heteroatoms. The monoisotopic (exact) mass is 572 g/mol. The van der Waals surface area contributed by atoms with E-state index in [4.69, 9.17) is 0 Å². The molecule has 0 aromatic heterocycles. The van der Waals surface area contributed by atoms with Gasteiger partial charge < -0.3 is 16.0 Å². The molecule has 2 aromatic carbocycles. The van der Waals surface area contributed by atoms with Crippen molar-refractivity contribution in [2.45, 2.75) is 50.8 Å². The first kappa shape index (κ1) is 30.1. The molecule has 5 N–H and O–H groups in total. The van der Waals surface area contributed by atoms with Crippen molar-refractivity contribution in [2.75, 3.05) is 24.7 Å². The second-order valence-corrected chi connectivity index (χ2v) is 10.9. The Kier molecular flexibility index (Phi) is 11.4. The lowest BCUT2D eigenvalue weighted by Gasteiger charge is -2.23. The highest BCUT2D eigenvalue weighted by atomic mass is 32.2. The number of nitrogens with one attached hydrogen (secondary N) is 2. The van der Waals surface area contributed by atoms with E-state index in [-0.39, 0.29) is 0 Å². The van der Waals surface area contributed by atoms with Crippen molar-refractivity contribution >= 4 is 41.8 Å². The molecule has 1 fully saturated rings. The maximum Gasteiger partial charge on any atom is 0.146 e. The SMILES string of the molecule is CC.CS.[NH3+]c1ccccc1/C=C/C1=C([NH+]2C=CC(N3CCCC3)=C2)C(=C/C=C2/Nc3ccccc3S2)/CCC1. The zero-order chi connectivity index (χ0) is 28.3. The van der Waals surface area contributed by atoms with E-state index < -0.39 is 0 Å². The minimum Gasteiger partial charge on any atom is -0.367 e. The molecule has 0 radical (unpaired) electrons. The number of anilines is 1. The van der Waals surface area contributed by atoms with Crippen LogP contribution in [0.1, 0.15) is 51.5 Å². The third-order valence-electron chi connectivity index (χ3n) is 7.35. The van der Waals surface area contributed by atoms with Crippen LogP contribution in [0, 0.1) is 0 Å². The Morgan fingerprint density at radius 2 is 1.68 bits per heavy atom. The van der Waals surface area contributed by atoms with Crippen LogP contribution in [-0.4, -0.2) is 24.2 Å². The van der Waals surface area contributed by atoms with E-state index in [0.717, 1.165) is 18.5 Å². The maximum atomic E-state index is 4.21. The minimum atomic E-state index is 1.07. The minimum absolute atomic E-state index is 1.07. The van der Waals surface area contributed by atoms with E-state index in [9.17, 15) is 0 Å². The lowest BCUT2D eigenvalue weighted by Crippen LogP contribution is -3.00. The molecule has 3 heterocycles. The van der Waals surface area contributed by atoms with Gasteiger partial charge in [0.2, 0.25) is 0 Å². The number of rotatable bonds is 5. The van der Waals surface area contributed by atoms with Gasteiger partial charge in [-0.3, -0.25) is 0 Å². The highest BCUT2D eigenvalue weighted by molar-refractivity contribution is 8.03. The number of allylic oxidation sites excluding steroid dienone is 6. The number of quaternary nitrogens is 2. The summed E-state index contributed by atoms with van der Waals surface area (Å²) in [5.74, 6) is 0. The molecule has 1 aliphatic carbocycles. The number of para-hydroxylation sites is 1. The largest absolute Gasteiger partial charge is 0.367 e. The fraction of sp³-hybridized carbons (Fsp3) is 0.294. The quantitative estimate of drug-likeness (QED) is 0.294. The molecule has 0 amide bonds. The van der Waals surface area contributed by atoms with E-state index in [0.29, 0.717) is 0 Å². The van der Waals surface area contributed by atoms with Crippen LogP contribution in [0.15, 0.2) is 118 Å². The summed E-state index contributed by atoms with van der Waals surface area (Å²) in [4.78, 5) is 5.17. The van der Waals surface area contributed by atoms with Crippen LogP contribution in [0.5, 0.6) is 0 Å². The van der Waals surface area contributed by atoms with Crippen molar-refractivity contribution in [3.8, 4) is 0 Å². The molecule has 6 rings (SSSR count). The number of hydrogen-bond donors (Lipinski definition) is 4. The van der Waals surface area contributed by atoms with Gasteiger partial charge >= 0.3 is 0 Å². The van der Waals surface area contributed by atoms with Gasteiger partial charge in [0.1, 0.15) is 23.8 Å². The average Bonchev–Trinajstić information content (AvgIpc) is 3.78. The highest BCUT2D eigenvalue weighted by Gasteiger charge is 2.29. The van der Waals surface area contributed by atoms with Crippen LogP contribution in [0.2, 0.25) is 0 Å². The molecule has 4 aliphatic rings. The topological polar surface area (TPSA) is 47.4 Å². The molecule has 0 saturated carbocycles. The molecule has 210 valence electrons. The van der Waals surface area contributed by atoms with E-state index in [1.54, 1.807) is 6.26 Å². The number of thiol groups is 1. The van der Waals surface area contributed by atoms with Crippen molar-refractivity contribution in [1.29, 1.82) is 0 Å². The second-order valence-electron chi connectivity index (χ2n) is 9.78. The summed E-state index contributed by atoms with van der Waals surface area (Å²) in [7, 11) is 0. The van der Waals surface area contributed by atoms with E-state index in [1.807, 2.05) is 25.6 Å². The Morgan fingerprint density at radius 3 is 2.45 bits per heavy atom. The predicted octanol–water partition coefficient (Wildman–Crippen LogP) is 6.92. The zero-order valence-electron chi connectivity index (χ0n) is 24.1. The lowest BCUT2D eigenvalue weighted by molar-refractivity contribution is -0.741. The fourth-order valence-electron chi connectivity index (χ4n) is 5.46. The summed E-state index contributed by atoms with van der Waals surface area (Å²) in [5.41, 5.74) is 13.3. The van der Waals surface area contributed by atoms with Crippen LogP contribution >= 0.6 is 24.4 Å². The van der Waals surface area contributed by atoms with Gasteiger partial charge in [-0.05, 0) is 74.8 Å². The van der Waals surface area contributed by atoms with E-state index in [1.165, 1.54) is 81.0 Å². The van der Waals surface area contributed by atoms with Crippen LogP contribution in [0.3, 0.4) is 0 Å². The molecule has 0 bridgehead atoms. The Morgan fingerprint density at radius 1 is 0.925 bits per heavy atom. The normalized spacial score (nSPS) is 21.7. The molecule has 2 aromatic rings. The van der Waals surface area contributed by atoms with Crippen molar-refractivity contribution in [1.82, 2.24) is 4.90 Å². The predicted molar refractivity (Wildman–Crippen MR) is 176 cm³/mol. The molecule has 1 saturated heterocycles. The second kappa shape index (κ2) is 15.2. The Bertz CT molecular complexity index is 1320. The van der Waals surface area contributed by atoms with Gasteiger partial charge in [0.05, 0.1) is 16.4 Å². The van der Waals surface area contributed by atoms with Crippen molar-refractivity contribution in [2.24, 2.45) is 0 Å². The average molecular weight is 573 g/mol. The summed E-state index contributed by atoms with van der Waals surface area (Å²) in [6.07, 6.45) is 23.9. The third kappa shape index (κ3) is 7.24. The number of thioether (sulfide) groups is 1. The number of fused-ring (bicyclic) bond motifs is 1. The van der Waals surface area contributed by atoms with Gasteiger partial charge in [-0.2, -0.15) is 12.6 Å². The van der Waals surface area contributed by atoms with Gasteiger partial charge in [-0.15, -0.1) is 0 Å². The van der Waals surface area contributed by atoms with Gasteiger partial charge in [0.15, 0.2) is 0 Å². The maximum absolute atomic E-state index is 4.21. The molecule has 4 nitrogen and oxygen atoms in total. The molecule has 40 heavy (non-hydrogen) atoms. The standard InChI is InChI=1S/C31H32N4S.C2H6.CH4S/c32-27-11-2-1-8-23(27)14-15-24-9-7-10-25(16-17-30-33-28-12-3-4-13-29(28)36-30)31(24)35-21-18-26(22-35)34-19-5-6-20-34;2*1-2/h1-4,8,11-18,21-22,33H,5-7,9-10,19-20,32H2;1-2H3;2H,1H3/p+2/b15-14+,25-16+,30-17-;;. The number of likely N-dealkylation sites (tertiary alicyclic amines) is 1. The van der Waals surface area contributed by atoms with Gasteiger partial charge in [-0.1, -0.05) is 62.0 Å². The Labute approximate surface area is 250 Å². The number of nitrogens with zero attached hydrogens (tertiary/aromatic N) is 1. The van der Waals surface area contributed by atoms with Gasteiger partial charge in [-0.25, -0.2) is 4.90 Å². The smallest absolute Gasteiger partial charge is 0.146 e. The van der Waals surface area contributed by atoms with Gasteiger partial charge in [0.25, 0.3) is 0 Å². The highest BCUT2D eigenvalue weighted by Crippen LogP contribution is 2.40. The third-order valence-corrected chi connectivity index (χ3v) is 8.39. The van der Waals surface area contributed by atoms with Crippen molar-refractivity contribution < 1.29 is 10.6 Å².